The average Bonchev–Trinajstić information content (AvgIpc) is 2.45. The summed E-state index contributed by atoms with van der Waals surface area (Å²) < 4.78 is 12.2. The van der Waals surface area contributed by atoms with Crippen LogP contribution in [0.3, 0.4) is 0 Å². The fourth-order valence-electron chi connectivity index (χ4n) is 3.41. The van der Waals surface area contributed by atoms with Crippen molar-refractivity contribution in [2.75, 3.05) is 26.2 Å². The molecule has 2 aliphatic heterocycles. The maximum Gasteiger partial charge on any atom is 0.161 e. The lowest BCUT2D eigenvalue weighted by atomic mass is 9.87. The van der Waals surface area contributed by atoms with Gasteiger partial charge < -0.3 is 9.47 Å². The van der Waals surface area contributed by atoms with Crippen molar-refractivity contribution in [2.45, 2.75) is 52.1 Å². The van der Waals surface area contributed by atoms with Gasteiger partial charge in [-0.1, -0.05) is 33.8 Å². The minimum absolute atomic E-state index is 0.138. The number of likely N-dealkylation sites (tertiary alicyclic amines) is 1. The van der Waals surface area contributed by atoms with Gasteiger partial charge in [-0.25, -0.2) is 0 Å². The first-order valence-electron chi connectivity index (χ1n) is 8.58. The number of hydrogen-bond acceptors (Lipinski definition) is 3. The number of ether oxygens (including phenoxy) is 2. The normalized spacial score (nSPS) is 26.0. The van der Waals surface area contributed by atoms with Crippen LogP contribution in [-0.2, 0) is 5.41 Å². The molecule has 0 bridgehead atoms. The molecule has 22 heavy (non-hydrogen) atoms. The highest BCUT2D eigenvalue weighted by Gasteiger charge is 2.26. The van der Waals surface area contributed by atoms with Crippen molar-refractivity contribution < 1.29 is 9.47 Å². The van der Waals surface area contributed by atoms with Gasteiger partial charge in [0.15, 0.2) is 11.5 Å². The topological polar surface area (TPSA) is 21.7 Å². The lowest BCUT2D eigenvalue weighted by molar-refractivity contribution is 0.0465. The molecule has 0 radical (unpaired) electrons. The Morgan fingerprint density at radius 3 is 2.77 bits per heavy atom. The molecular formula is C19H29NO2. The average molecular weight is 303 g/mol. The minimum atomic E-state index is 0.138. The molecule has 1 saturated heterocycles. The first-order valence-corrected chi connectivity index (χ1v) is 8.58. The predicted molar refractivity (Wildman–Crippen MR) is 89.9 cm³/mol. The number of rotatable bonds is 2. The summed E-state index contributed by atoms with van der Waals surface area (Å²) in [5, 5.41) is 0. The predicted octanol–water partition coefficient (Wildman–Crippen LogP) is 3.86. The van der Waals surface area contributed by atoms with Crippen LogP contribution in [0.4, 0.5) is 0 Å². The second kappa shape index (κ2) is 6.11. The van der Waals surface area contributed by atoms with Gasteiger partial charge in [0, 0.05) is 13.1 Å². The van der Waals surface area contributed by atoms with Gasteiger partial charge >= 0.3 is 0 Å². The van der Waals surface area contributed by atoms with Crippen molar-refractivity contribution >= 4 is 0 Å². The van der Waals surface area contributed by atoms with Crippen molar-refractivity contribution in [3.63, 3.8) is 0 Å². The third-order valence-corrected chi connectivity index (χ3v) is 4.73. The van der Waals surface area contributed by atoms with E-state index in [-0.39, 0.29) is 11.5 Å². The van der Waals surface area contributed by atoms with Crippen LogP contribution in [0.5, 0.6) is 11.5 Å². The van der Waals surface area contributed by atoms with Crippen LogP contribution >= 0.6 is 0 Å². The second-order valence-electron chi connectivity index (χ2n) is 7.97. The summed E-state index contributed by atoms with van der Waals surface area (Å²) in [4.78, 5) is 2.52. The van der Waals surface area contributed by atoms with E-state index < -0.39 is 0 Å². The van der Waals surface area contributed by atoms with Crippen LogP contribution in [0.15, 0.2) is 18.2 Å². The molecule has 122 valence electrons. The Balaban J connectivity index is 1.64. The van der Waals surface area contributed by atoms with Crippen LogP contribution in [0.2, 0.25) is 0 Å². The highest BCUT2D eigenvalue weighted by molar-refractivity contribution is 5.45. The minimum Gasteiger partial charge on any atom is -0.486 e. The van der Waals surface area contributed by atoms with E-state index in [2.05, 4.69) is 50.8 Å². The van der Waals surface area contributed by atoms with Crippen molar-refractivity contribution in [1.29, 1.82) is 0 Å². The Bertz CT molecular complexity index is 521. The largest absolute Gasteiger partial charge is 0.486 e. The first kappa shape index (κ1) is 15.7. The van der Waals surface area contributed by atoms with E-state index in [1.165, 1.54) is 31.5 Å². The van der Waals surface area contributed by atoms with E-state index in [1.54, 1.807) is 0 Å². The van der Waals surface area contributed by atoms with E-state index in [9.17, 15) is 0 Å². The maximum atomic E-state index is 6.17. The van der Waals surface area contributed by atoms with Gasteiger partial charge in [-0.05, 0) is 48.4 Å². The van der Waals surface area contributed by atoms with Crippen molar-refractivity contribution in [1.82, 2.24) is 4.90 Å². The summed E-state index contributed by atoms with van der Waals surface area (Å²) in [5.74, 6) is 2.60. The zero-order chi connectivity index (χ0) is 15.7. The quantitative estimate of drug-likeness (QED) is 0.828. The van der Waals surface area contributed by atoms with E-state index >= 15 is 0 Å². The third kappa shape index (κ3) is 3.57. The van der Waals surface area contributed by atoms with Crippen LogP contribution in [0.1, 0.15) is 46.1 Å². The molecule has 1 aromatic rings. The molecule has 0 aromatic heterocycles. The smallest absolute Gasteiger partial charge is 0.161 e. The highest BCUT2D eigenvalue weighted by atomic mass is 16.6. The Morgan fingerprint density at radius 2 is 2.05 bits per heavy atom. The van der Waals surface area contributed by atoms with Crippen LogP contribution < -0.4 is 9.47 Å². The molecule has 2 atom stereocenters. The van der Waals surface area contributed by atoms with Gasteiger partial charge in [-0.3, -0.25) is 4.90 Å². The van der Waals surface area contributed by atoms with Gasteiger partial charge in [-0.15, -0.1) is 0 Å². The Morgan fingerprint density at radius 1 is 1.23 bits per heavy atom. The fraction of sp³-hybridized carbons (Fsp3) is 0.684. The molecule has 0 spiro atoms. The molecule has 3 heteroatoms. The van der Waals surface area contributed by atoms with Gasteiger partial charge in [0.2, 0.25) is 0 Å². The highest BCUT2D eigenvalue weighted by Crippen LogP contribution is 2.36. The van der Waals surface area contributed by atoms with Crippen molar-refractivity contribution in [2.24, 2.45) is 5.92 Å². The second-order valence-corrected chi connectivity index (χ2v) is 7.97. The van der Waals surface area contributed by atoms with E-state index in [0.717, 1.165) is 24.0 Å². The third-order valence-electron chi connectivity index (χ3n) is 4.73. The molecule has 0 N–H and O–H groups in total. The zero-order valence-electron chi connectivity index (χ0n) is 14.4. The van der Waals surface area contributed by atoms with Crippen LogP contribution in [0.25, 0.3) is 0 Å². The SMILES string of the molecule is CC1CCCN(CC2COc3cc(C(C)(C)C)ccc3O2)C1. The van der Waals surface area contributed by atoms with Gasteiger partial charge in [-0.2, -0.15) is 0 Å². The molecular weight excluding hydrogens is 274 g/mol. The van der Waals surface area contributed by atoms with E-state index in [4.69, 9.17) is 9.47 Å². The Kier molecular flexibility index (Phi) is 4.35. The number of piperidine rings is 1. The summed E-state index contributed by atoms with van der Waals surface area (Å²) in [6.07, 6.45) is 2.82. The zero-order valence-corrected chi connectivity index (χ0v) is 14.4. The number of fused-ring (bicyclic) bond motifs is 1. The molecule has 0 aliphatic carbocycles. The lowest BCUT2D eigenvalue weighted by Gasteiger charge is -2.35. The van der Waals surface area contributed by atoms with Gasteiger partial charge in [0.1, 0.15) is 12.7 Å². The number of benzene rings is 1. The van der Waals surface area contributed by atoms with E-state index in [1.807, 2.05) is 0 Å². The summed E-state index contributed by atoms with van der Waals surface area (Å²) in [6.45, 7) is 13.0. The van der Waals surface area contributed by atoms with Crippen molar-refractivity contribution in [3.8, 4) is 11.5 Å². The molecule has 1 aromatic carbocycles. The lowest BCUT2D eigenvalue weighted by Crippen LogP contribution is -2.44. The maximum absolute atomic E-state index is 6.17. The molecule has 2 unspecified atom stereocenters. The summed E-state index contributed by atoms with van der Waals surface area (Å²) in [6, 6.07) is 6.36. The fourth-order valence-corrected chi connectivity index (χ4v) is 3.41. The Hall–Kier alpha value is -1.22. The summed E-state index contributed by atoms with van der Waals surface area (Å²) >= 11 is 0. The van der Waals surface area contributed by atoms with Gasteiger partial charge in [0.05, 0.1) is 0 Å². The number of hydrogen-bond donors (Lipinski definition) is 0. The molecule has 1 fully saturated rings. The molecule has 2 heterocycles. The standard InChI is InChI=1S/C19H29NO2/c1-14-6-5-9-20(11-14)12-16-13-21-18-10-15(19(2,3)4)7-8-17(18)22-16/h7-8,10,14,16H,5-6,9,11-13H2,1-4H3. The van der Waals surface area contributed by atoms with Gasteiger partial charge in [0.25, 0.3) is 0 Å². The monoisotopic (exact) mass is 303 g/mol. The Labute approximate surface area is 134 Å². The summed E-state index contributed by atoms with van der Waals surface area (Å²) in [7, 11) is 0. The van der Waals surface area contributed by atoms with E-state index in [0.29, 0.717) is 6.61 Å². The molecule has 3 rings (SSSR count). The molecule has 0 amide bonds. The molecule has 0 saturated carbocycles. The summed E-state index contributed by atoms with van der Waals surface area (Å²) in [5.41, 5.74) is 1.43. The molecule has 2 aliphatic rings. The first-order chi connectivity index (χ1) is 10.4. The van der Waals surface area contributed by atoms with Crippen LogP contribution in [-0.4, -0.2) is 37.2 Å². The van der Waals surface area contributed by atoms with Crippen LogP contribution in [0, 0.1) is 5.92 Å². The molecule has 3 nitrogen and oxygen atoms in total. The number of nitrogens with zero attached hydrogens (tertiary/aromatic N) is 1. The van der Waals surface area contributed by atoms with Crippen molar-refractivity contribution in [3.05, 3.63) is 23.8 Å².